The fraction of sp³-hybridized carbons (Fsp3) is 0.625. The van der Waals surface area contributed by atoms with Gasteiger partial charge in [0.15, 0.2) is 0 Å². The van der Waals surface area contributed by atoms with E-state index in [1.54, 1.807) is 12.1 Å². The highest BCUT2D eigenvalue weighted by Gasteiger charge is 2.30. The van der Waals surface area contributed by atoms with Gasteiger partial charge < -0.3 is 5.32 Å². The van der Waals surface area contributed by atoms with Crippen LogP contribution in [0, 0.1) is 5.82 Å². The molecule has 1 nitrogen and oxygen atoms in total. The molecule has 0 radical (unpaired) electrons. The summed E-state index contributed by atoms with van der Waals surface area (Å²) in [5.74, 6) is 2.12. The molecule has 1 aliphatic heterocycles. The summed E-state index contributed by atoms with van der Waals surface area (Å²) in [7, 11) is 0. The molecule has 3 atom stereocenters. The molecular formula is C16H23ClFNS2. The maximum atomic E-state index is 13.6. The summed E-state index contributed by atoms with van der Waals surface area (Å²) in [5.41, 5.74) is 1.02. The maximum Gasteiger partial charge on any atom is 0.142 e. The van der Waals surface area contributed by atoms with Crippen molar-refractivity contribution in [2.24, 2.45) is 0 Å². The van der Waals surface area contributed by atoms with Crippen molar-refractivity contribution in [3.05, 3.63) is 34.6 Å². The van der Waals surface area contributed by atoms with Crippen LogP contribution in [0.3, 0.4) is 0 Å². The summed E-state index contributed by atoms with van der Waals surface area (Å²) in [5, 5.41) is 5.08. The quantitative estimate of drug-likeness (QED) is 0.806. The standard InChI is InChI=1S/C16H23ClFNS2/c1-3-6-19-15(16-11(2)20-7-8-21-16)10-12-4-5-13(17)14(18)9-12/h4-5,9,11,15-16,19H,3,6-8,10H2,1-2H3. The van der Waals surface area contributed by atoms with Gasteiger partial charge in [-0.15, -0.1) is 0 Å². The molecule has 1 N–H and O–H groups in total. The Morgan fingerprint density at radius 3 is 2.81 bits per heavy atom. The van der Waals surface area contributed by atoms with E-state index in [1.807, 2.05) is 17.8 Å². The number of nitrogens with one attached hydrogen (secondary N) is 1. The van der Waals surface area contributed by atoms with E-state index in [9.17, 15) is 4.39 Å². The van der Waals surface area contributed by atoms with Gasteiger partial charge in [0, 0.05) is 28.0 Å². The molecule has 0 spiro atoms. The van der Waals surface area contributed by atoms with Crippen LogP contribution in [0.4, 0.5) is 4.39 Å². The molecule has 1 saturated heterocycles. The van der Waals surface area contributed by atoms with Gasteiger partial charge >= 0.3 is 0 Å². The van der Waals surface area contributed by atoms with Crippen LogP contribution in [-0.2, 0) is 6.42 Å². The number of hydrogen-bond donors (Lipinski definition) is 1. The van der Waals surface area contributed by atoms with E-state index in [0.29, 0.717) is 16.5 Å². The van der Waals surface area contributed by atoms with E-state index in [-0.39, 0.29) is 10.8 Å². The van der Waals surface area contributed by atoms with E-state index in [1.165, 1.54) is 11.5 Å². The van der Waals surface area contributed by atoms with Gasteiger partial charge in [0.25, 0.3) is 0 Å². The normalized spacial score (nSPS) is 24.0. The van der Waals surface area contributed by atoms with E-state index in [0.717, 1.165) is 24.9 Å². The third-order valence-electron chi connectivity index (χ3n) is 3.73. The summed E-state index contributed by atoms with van der Waals surface area (Å²) >= 11 is 9.88. The predicted molar refractivity (Wildman–Crippen MR) is 95.4 cm³/mol. The molecule has 3 unspecified atom stereocenters. The van der Waals surface area contributed by atoms with Crippen LogP contribution in [0.2, 0.25) is 5.02 Å². The lowest BCUT2D eigenvalue weighted by Crippen LogP contribution is -2.46. The van der Waals surface area contributed by atoms with Crippen molar-refractivity contribution in [1.82, 2.24) is 5.32 Å². The predicted octanol–water partition coefficient (Wildman–Crippen LogP) is 4.63. The number of thioether (sulfide) groups is 2. The zero-order chi connectivity index (χ0) is 15.2. The highest BCUT2D eigenvalue weighted by atomic mass is 35.5. The van der Waals surface area contributed by atoms with Crippen molar-refractivity contribution in [2.75, 3.05) is 18.1 Å². The SMILES string of the molecule is CCCNC(Cc1ccc(Cl)c(F)c1)C1SCCSC1C. The van der Waals surface area contributed by atoms with Crippen LogP contribution >= 0.6 is 35.1 Å². The number of benzene rings is 1. The molecule has 5 heteroatoms. The first kappa shape index (κ1) is 17.5. The van der Waals surface area contributed by atoms with Crippen LogP contribution < -0.4 is 5.32 Å². The molecule has 1 aliphatic rings. The molecule has 2 rings (SSSR count). The summed E-state index contributed by atoms with van der Waals surface area (Å²) in [6, 6.07) is 5.57. The first-order chi connectivity index (χ1) is 10.1. The van der Waals surface area contributed by atoms with Gasteiger partial charge in [0.1, 0.15) is 5.82 Å². The van der Waals surface area contributed by atoms with E-state index in [2.05, 4.69) is 30.9 Å². The molecule has 0 bridgehead atoms. The summed E-state index contributed by atoms with van der Waals surface area (Å²) in [6.07, 6.45) is 1.97. The van der Waals surface area contributed by atoms with Crippen LogP contribution in [0.25, 0.3) is 0 Å². The first-order valence-electron chi connectivity index (χ1n) is 7.52. The Kier molecular flexibility index (Phi) is 7.20. The minimum Gasteiger partial charge on any atom is -0.313 e. The molecule has 1 aromatic rings. The minimum atomic E-state index is -0.317. The van der Waals surface area contributed by atoms with Gasteiger partial charge in [-0.05, 0) is 37.1 Å². The second-order valence-electron chi connectivity index (χ2n) is 5.42. The highest BCUT2D eigenvalue weighted by molar-refractivity contribution is 8.07. The molecule has 21 heavy (non-hydrogen) atoms. The molecule has 1 fully saturated rings. The average Bonchev–Trinajstić information content (AvgIpc) is 2.48. The van der Waals surface area contributed by atoms with Crippen LogP contribution in [0.5, 0.6) is 0 Å². The third-order valence-corrected chi connectivity index (χ3v) is 7.29. The Labute approximate surface area is 140 Å². The number of halogens is 2. The van der Waals surface area contributed by atoms with Crippen molar-refractivity contribution in [3.8, 4) is 0 Å². The van der Waals surface area contributed by atoms with Crippen LogP contribution in [-0.4, -0.2) is 34.6 Å². The lowest BCUT2D eigenvalue weighted by molar-refractivity contribution is 0.485. The Hall–Kier alpha value is 0.1000. The lowest BCUT2D eigenvalue weighted by atomic mass is 10.0. The molecular weight excluding hydrogens is 325 g/mol. The van der Waals surface area contributed by atoms with Crippen molar-refractivity contribution >= 4 is 35.1 Å². The minimum absolute atomic E-state index is 0.202. The second-order valence-corrected chi connectivity index (χ2v) is 8.60. The third kappa shape index (κ3) is 5.05. The fourth-order valence-corrected chi connectivity index (χ4v) is 5.72. The van der Waals surface area contributed by atoms with Gasteiger partial charge in [-0.2, -0.15) is 23.5 Å². The zero-order valence-corrected chi connectivity index (χ0v) is 15.0. The van der Waals surface area contributed by atoms with Gasteiger partial charge in [0.05, 0.1) is 5.02 Å². The maximum absolute atomic E-state index is 13.6. The fourth-order valence-electron chi connectivity index (χ4n) is 2.65. The molecule has 1 aromatic carbocycles. The number of hydrogen-bond acceptors (Lipinski definition) is 3. The highest BCUT2D eigenvalue weighted by Crippen LogP contribution is 2.34. The van der Waals surface area contributed by atoms with Crippen LogP contribution in [0.15, 0.2) is 18.2 Å². The van der Waals surface area contributed by atoms with Crippen molar-refractivity contribution in [1.29, 1.82) is 0 Å². The topological polar surface area (TPSA) is 12.0 Å². The molecule has 0 aromatic heterocycles. The second kappa shape index (κ2) is 8.66. The first-order valence-corrected chi connectivity index (χ1v) is 10.00. The monoisotopic (exact) mass is 347 g/mol. The molecule has 118 valence electrons. The molecule has 0 aliphatic carbocycles. The number of rotatable bonds is 6. The van der Waals surface area contributed by atoms with Crippen molar-refractivity contribution in [3.63, 3.8) is 0 Å². The zero-order valence-electron chi connectivity index (χ0n) is 12.6. The summed E-state index contributed by atoms with van der Waals surface area (Å²) < 4.78 is 13.6. The van der Waals surface area contributed by atoms with Gasteiger partial charge in [-0.1, -0.05) is 31.5 Å². The van der Waals surface area contributed by atoms with Gasteiger partial charge in [-0.3, -0.25) is 0 Å². The van der Waals surface area contributed by atoms with E-state index in [4.69, 9.17) is 11.6 Å². The van der Waals surface area contributed by atoms with Crippen LogP contribution in [0.1, 0.15) is 25.8 Å². The lowest BCUT2D eigenvalue weighted by Gasteiger charge is -2.35. The van der Waals surface area contributed by atoms with Gasteiger partial charge in [0.2, 0.25) is 0 Å². The summed E-state index contributed by atoms with van der Waals surface area (Å²) in [4.78, 5) is 0. The largest absolute Gasteiger partial charge is 0.313 e. The van der Waals surface area contributed by atoms with Gasteiger partial charge in [-0.25, -0.2) is 4.39 Å². The molecule has 0 saturated carbocycles. The van der Waals surface area contributed by atoms with Crippen molar-refractivity contribution < 1.29 is 4.39 Å². The molecule has 0 amide bonds. The Morgan fingerprint density at radius 2 is 2.14 bits per heavy atom. The average molecular weight is 348 g/mol. The smallest absolute Gasteiger partial charge is 0.142 e. The van der Waals surface area contributed by atoms with E-state index < -0.39 is 0 Å². The Morgan fingerprint density at radius 1 is 1.38 bits per heavy atom. The summed E-state index contributed by atoms with van der Waals surface area (Å²) in [6.45, 7) is 5.50. The Bertz CT molecular complexity index is 458. The van der Waals surface area contributed by atoms with Crippen molar-refractivity contribution in [2.45, 2.75) is 43.2 Å². The molecule has 1 heterocycles. The Balaban J connectivity index is 2.09. The van der Waals surface area contributed by atoms with E-state index >= 15 is 0 Å².